The van der Waals surface area contributed by atoms with Crippen molar-refractivity contribution in [2.24, 2.45) is 11.8 Å². The molecule has 188 valence electrons. The van der Waals surface area contributed by atoms with Crippen LogP contribution in [-0.2, 0) is 28.5 Å². The average Bonchev–Trinajstić information content (AvgIpc) is 3.43. The lowest BCUT2D eigenvalue weighted by atomic mass is 9.86. The van der Waals surface area contributed by atoms with Gasteiger partial charge in [0.1, 0.15) is 6.10 Å². The standard InChI is InChI=1S/C26H42O7/c1-16(15-26(5)25(33-26)18(3)24(31-8)19(4)27)10-9-11-17(2)20-12-13-21(29-6)22(32-20)14-23(28)30-7/h9-13,16,18-22,24-25,27H,14-15H2,1-8H3/b10-9+,17-11+/t16-,18-,19-,20+,21-,22+,24-,25-,26-/m1/s1. The summed E-state index contributed by atoms with van der Waals surface area (Å²) >= 11 is 0. The summed E-state index contributed by atoms with van der Waals surface area (Å²) in [5, 5.41) is 9.94. The highest BCUT2D eigenvalue weighted by Crippen LogP contribution is 2.47. The van der Waals surface area contributed by atoms with E-state index < -0.39 is 6.10 Å². The fraction of sp³-hybridized carbons (Fsp3) is 0.731. The summed E-state index contributed by atoms with van der Waals surface area (Å²) in [6.07, 6.45) is 9.62. The highest BCUT2D eigenvalue weighted by molar-refractivity contribution is 5.70. The summed E-state index contributed by atoms with van der Waals surface area (Å²) in [4.78, 5) is 11.7. The molecule has 2 rings (SSSR count). The number of carbonyl (C=O) groups is 1. The third-order valence-electron chi connectivity index (χ3n) is 6.69. The van der Waals surface area contributed by atoms with E-state index in [0.29, 0.717) is 5.92 Å². The van der Waals surface area contributed by atoms with Crippen molar-refractivity contribution in [2.45, 2.75) is 89.7 Å². The molecule has 0 unspecified atom stereocenters. The second kappa shape index (κ2) is 12.3. The molecule has 0 spiro atoms. The molecule has 0 radical (unpaired) electrons. The highest BCUT2D eigenvalue weighted by atomic mass is 16.6. The van der Waals surface area contributed by atoms with Crippen molar-refractivity contribution in [3.05, 3.63) is 36.0 Å². The first kappa shape index (κ1) is 27.7. The van der Waals surface area contributed by atoms with Crippen molar-refractivity contribution in [1.82, 2.24) is 0 Å². The first-order chi connectivity index (χ1) is 15.6. The molecule has 2 heterocycles. The Kier molecular flexibility index (Phi) is 10.3. The molecule has 7 nitrogen and oxygen atoms in total. The predicted molar refractivity (Wildman–Crippen MR) is 127 cm³/mol. The molecule has 1 fully saturated rings. The number of hydrogen-bond acceptors (Lipinski definition) is 7. The number of epoxide rings is 1. The van der Waals surface area contributed by atoms with E-state index in [1.807, 2.05) is 31.2 Å². The maximum absolute atomic E-state index is 11.7. The first-order valence-corrected chi connectivity index (χ1v) is 11.7. The van der Waals surface area contributed by atoms with Crippen molar-refractivity contribution >= 4 is 5.97 Å². The normalized spacial score (nSPS) is 33.5. The van der Waals surface area contributed by atoms with E-state index in [0.717, 1.165) is 12.0 Å². The Morgan fingerprint density at radius 3 is 2.48 bits per heavy atom. The molecule has 0 aromatic carbocycles. The van der Waals surface area contributed by atoms with Crippen LogP contribution in [0.15, 0.2) is 36.0 Å². The molecule has 0 aliphatic carbocycles. The number of esters is 1. The zero-order valence-electron chi connectivity index (χ0n) is 21.3. The van der Waals surface area contributed by atoms with Crippen molar-refractivity contribution in [3.63, 3.8) is 0 Å². The second-order valence-electron chi connectivity index (χ2n) is 9.59. The summed E-state index contributed by atoms with van der Waals surface area (Å²) in [5.74, 6) is 0.110. The van der Waals surface area contributed by atoms with Gasteiger partial charge in [0.15, 0.2) is 0 Å². The van der Waals surface area contributed by atoms with Crippen LogP contribution in [0, 0.1) is 11.8 Å². The van der Waals surface area contributed by atoms with E-state index in [9.17, 15) is 9.90 Å². The zero-order valence-corrected chi connectivity index (χ0v) is 21.3. The van der Waals surface area contributed by atoms with Crippen molar-refractivity contribution in [1.29, 1.82) is 0 Å². The fourth-order valence-electron chi connectivity index (χ4n) is 4.85. The number of rotatable bonds is 12. The number of allylic oxidation sites excluding steroid dienone is 3. The smallest absolute Gasteiger partial charge is 0.308 e. The Morgan fingerprint density at radius 2 is 1.91 bits per heavy atom. The first-order valence-electron chi connectivity index (χ1n) is 11.7. The molecule has 2 aliphatic rings. The van der Waals surface area contributed by atoms with Gasteiger partial charge < -0.3 is 28.8 Å². The van der Waals surface area contributed by atoms with E-state index in [1.165, 1.54) is 7.11 Å². The summed E-state index contributed by atoms with van der Waals surface area (Å²) in [5.41, 5.74) is 0.832. The number of hydrogen-bond donors (Lipinski definition) is 1. The van der Waals surface area contributed by atoms with E-state index in [4.69, 9.17) is 23.7 Å². The molecule has 0 aromatic heterocycles. The van der Waals surface area contributed by atoms with Crippen LogP contribution in [0.3, 0.4) is 0 Å². The van der Waals surface area contributed by atoms with Crippen LogP contribution in [0.1, 0.15) is 47.5 Å². The topological polar surface area (TPSA) is 86.8 Å². The molecule has 2 aliphatic heterocycles. The third kappa shape index (κ3) is 7.49. The zero-order chi connectivity index (χ0) is 24.8. The highest BCUT2D eigenvalue weighted by Gasteiger charge is 2.56. The maximum atomic E-state index is 11.7. The third-order valence-corrected chi connectivity index (χ3v) is 6.69. The lowest BCUT2D eigenvalue weighted by Gasteiger charge is -2.31. The average molecular weight is 467 g/mol. The van der Waals surface area contributed by atoms with Crippen molar-refractivity contribution < 1.29 is 33.6 Å². The maximum Gasteiger partial charge on any atom is 0.308 e. The number of methoxy groups -OCH3 is 3. The van der Waals surface area contributed by atoms with Gasteiger partial charge in [0.2, 0.25) is 0 Å². The molecule has 9 atom stereocenters. The van der Waals surface area contributed by atoms with Crippen molar-refractivity contribution in [3.8, 4) is 0 Å². The molecule has 1 saturated heterocycles. The number of aliphatic hydroxyl groups excluding tert-OH is 1. The molecule has 7 heteroatoms. The van der Waals surface area contributed by atoms with Gasteiger partial charge in [-0.2, -0.15) is 0 Å². The molecule has 0 bridgehead atoms. The van der Waals surface area contributed by atoms with Gasteiger partial charge in [0.25, 0.3) is 0 Å². The fourth-order valence-corrected chi connectivity index (χ4v) is 4.85. The minimum atomic E-state index is -0.536. The van der Waals surface area contributed by atoms with Gasteiger partial charge in [-0.25, -0.2) is 0 Å². The number of ether oxygens (including phenoxy) is 5. The Morgan fingerprint density at radius 1 is 1.21 bits per heavy atom. The number of aliphatic hydroxyl groups is 1. The van der Waals surface area contributed by atoms with Gasteiger partial charge in [0, 0.05) is 20.1 Å². The second-order valence-corrected chi connectivity index (χ2v) is 9.59. The quantitative estimate of drug-likeness (QED) is 0.203. The van der Waals surface area contributed by atoms with Crippen molar-refractivity contribution in [2.75, 3.05) is 21.3 Å². The summed E-state index contributed by atoms with van der Waals surface area (Å²) < 4.78 is 27.8. The molecule has 33 heavy (non-hydrogen) atoms. The molecule has 0 saturated carbocycles. The van der Waals surface area contributed by atoms with Crippen LogP contribution in [0.2, 0.25) is 0 Å². The van der Waals surface area contributed by atoms with Crippen LogP contribution in [0.25, 0.3) is 0 Å². The minimum absolute atomic E-state index is 0.0754. The molecule has 1 N–H and O–H groups in total. The number of carbonyl (C=O) groups excluding carboxylic acids is 1. The molecular weight excluding hydrogens is 424 g/mol. The SMILES string of the molecule is COC(=O)C[C@@H]1O[C@H](/C(C)=C/C=C/[C@@H](C)C[C@@]2(C)O[C@@H]2[C@H](C)[C@@H](OC)[C@@H](C)O)C=C[C@H]1OC. The summed E-state index contributed by atoms with van der Waals surface area (Å²) in [6.45, 7) is 10.1. The Bertz CT molecular complexity index is 728. The van der Waals surface area contributed by atoms with Gasteiger partial charge in [-0.15, -0.1) is 0 Å². The van der Waals surface area contributed by atoms with Crippen LogP contribution in [-0.4, -0.2) is 74.6 Å². The van der Waals surface area contributed by atoms with E-state index in [2.05, 4.69) is 26.8 Å². The predicted octanol–water partition coefficient (Wildman–Crippen LogP) is 3.61. The lowest BCUT2D eigenvalue weighted by molar-refractivity contribution is -0.147. The van der Waals surface area contributed by atoms with Gasteiger partial charge in [-0.05, 0) is 38.7 Å². The van der Waals surface area contributed by atoms with E-state index in [1.54, 1.807) is 21.1 Å². The lowest BCUT2D eigenvalue weighted by Crippen LogP contribution is -2.38. The molecule has 0 aromatic rings. The summed E-state index contributed by atoms with van der Waals surface area (Å²) in [7, 11) is 4.60. The van der Waals surface area contributed by atoms with Gasteiger partial charge in [0.05, 0.1) is 49.7 Å². The minimum Gasteiger partial charge on any atom is -0.469 e. The van der Waals surface area contributed by atoms with Gasteiger partial charge in [-0.3, -0.25) is 4.79 Å². The van der Waals surface area contributed by atoms with Crippen LogP contribution in [0.5, 0.6) is 0 Å². The molecule has 0 amide bonds. The van der Waals surface area contributed by atoms with Crippen LogP contribution >= 0.6 is 0 Å². The van der Waals surface area contributed by atoms with Gasteiger partial charge in [-0.1, -0.05) is 44.2 Å². The summed E-state index contributed by atoms with van der Waals surface area (Å²) in [6, 6.07) is 0. The van der Waals surface area contributed by atoms with Crippen LogP contribution in [0.4, 0.5) is 0 Å². The Balaban J connectivity index is 1.91. The molecular formula is C26H42O7. The van der Waals surface area contributed by atoms with E-state index in [-0.39, 0.29) is 54.4 Å². The Hall–Kier alpha value is -1.51. The van der Waals surface area contributed by atoms with E-state index >= 15 is 0 Å². The Labute approximate surface area is 198 Å². The van der Waals surface area contributed by atoms with Gasteiger partial charge >= 0.3 is 5.97 Å². The largest absolute Gasteiger partial charge is 0.469 e. The van der Waals surface area contributed by atoms with Crippen LogP contribution < -0.4 is 0 Å². The monoisotopic (exact) mass is 466 g/mol.